The molecule has 0 bridgehead atoms. The smallest absolute Gasteiger partial charge is 0.461 e. The summed E-state index contributed by atoms with van der Waals surface area (Å²) in [5.41, 5.74) is -1.38. The highest BCUT2D eigenvalue weighted by Crippen LogP contribution is 2.26. The van der Waals surface area contributed by atoms with Gasteiger partial charge in [-0.3, -0.25) is 4.79 Å². The van der Waals surface area contributed by atoms with Crippen molar-refractivity contribution in [2.24, 2.45) is 5.92 Å². The van der Waals surface area contributed by atoms with Crippen LogP contribution in [-0.2, 0) is 14.6 Å². The molecule has 0 aliphatic rings. The fourth-order valence-corrected chi connectivity index (χ4v) is 4.29. The van der Waals surface area contributed by atoms with Gasteiger partial charge in [-0.05, 0) is 55.2 Å². The molecule has 35 heavy (non-hydrogen) atoms. The van der Waals surface area contributed by atoms with Crippen molar-refractivity contribution in [2.45, 2.75) is 37.9 Å². The molecule has 0 fully saturated rings. The Morgan fingerprint density at radius 1 is 1.11 bits per heavy atom. The van der Waals surface area contributed by atoms with Crippen molar-refractivity contribution in [1.82, 2.24) is 9.78 Å². The fraction of sp³-hybridized carbons (Fsp3) is 0.348. The minimum Gasteiger partial charge on any atom is -0.461 e. The Bertz CT molecular complexity index is 1400. The normalized spacial score (nSPS) is 12.2. The van der Waals surface area contributed by atoms with Crippen LogP contribution in [0.25, 0.3) is 16.6 Å². The number of benzene rings is 2. The van der Waals surface area contributed by atoms with Crippen molar-refractivity contribution in [3.8, 4) is 11.4 Å². The summed E-state index contributed by atoms with van der Waals surface area (Å²) in [6, 6.07) is 8.53. The van der Waals surface area contributed by atoms with E-state index in [4.69, 9.17) is 4.74 Å². The zero-order valence-corrected chi connectivity index (χ0v) is 19.9. The van der Waals surface area contributed by atoms with E-state index in [0.717, 1.165) is 29.5 Å². The van der Waals surface area contributed by atoms with E-state index < -0.39 is 39.0 Å². The molecule has 0 spiro atoms. The number of esters is 1. The van der Waals surface area contributed by atoms with Crippen LogP contribution in [0.15, 0.2) is 52.2 Å². The van der Waals surface area contributed by atoms with E-state index in [2.05, 4.69) is 9.84 Å². The highest BCUT2D eigenvalue weighted by atomic mass is 32.2. The summed E-state index contributed by atoms with van der Waals surface area (Å²) >= 11 is 0. The van der Waals surface area contributed by atoms with Crippen molar-refractivity contribution in [3.05, 3.63) is 58.4 Å². The predicted molar refractivity (Wildman–Crippen MR) is 121 cm³/mol. The number of ether oxygens (including phenoxy) is 2. The number of hydrogen-bond donors (Lipinski definition) is 0. The molecule has 0 aliphatic heterocycles. The van der Waals surface area contributed by atoms with Crippen LogP contribution in [0.1, 0.15) is 37.2 Å². The molecule has 8 nitrogen and oxygen atoms in total. The first kappa shape index (κ1) is 26.2. The van der Waals surface area contributed by atoms with Gasteiger partial charge < -0.3 is 9.47 Å². The Labute approximate surface area is 199 Å². The molecule has 0 saturated carbocycles. The minimum atomic E-state index is -4.89. The Balaban J connectivity index is 2.16. The lowest BCUT2D eigenvalue weighted by molar-refractivity contribution is -0.274. The third-order valence-electron chi connectivity index (χ3n) is 4.94. The summed E-state index contributed by atoms with van der Waals surface area (Å²) in [7, 11) is -3.89. The third kappa shape index (κ3) is 6.38. The van der Waals surface area contributed by atoms with Gasteiger partial charge in [-0.1, -0.05) is 19.9 Å². The number of carbonyl (C=O) groups excluding carboxylic acids is 1. The van der Waals surface area contributed by atoms with Gasteiger partial charge in [0.25, 0.3) is 0 Å². The molecule has 1 heterocycles. The molecular formula is C23H23F3N2O6S. The number of hydrogen-bond acceptors (Lipinski definition) is 7. The molecule has 1 aromatic heterocycles. The molecule has 3 rings (SSSR count). The second-order valence-corrected chi connectivity index (χ2v) is 10.2. The van der Waals surface area contributed by atoms with E-state index in [1.165, 1.54) is 30.3 Å². The van der Waals surface area contributed by atoms with Gasteiger partial charge in [-0.2, -0.15) is 5.10 Å². The molecule has 0 N–H and O–H groups in total. The zero-order chi connectivity index (χ0) is 26.0. The SMILES string of the molecule is CC(C)CCCOC(=O)c1nn(-c2ccc(OC(F)(F)F)cc2)c2cccc(S(C)(=O)=O)c2c1=O. The number of sulfone groups is 1. The van der Waals surface area contributed by atoms with Crippen LogP contribution >= 0.6 is 0 Å². The number of alkyl halides is 3. The zero-order valence-electron chi connectivity index (χ0n) is 19.1. The van der Waals surface area contributed by atoms with E-state index in [1.807, 2.05) is 13.8 Å². The molecule has 0 amide bonds. The molecule has 12 heteroatoms. The van der Waals surface area contributed by atoms with Gasteiger partial charge in [0.15, 0.2) is 9.84 Å². The van der Waals surface area contributed by atoms with E-state index in [9.17, 15) is 31.2 Å². The van der Waals surface area contributed by atoms with Crippen molar-refractivity contribution in [2.75, 3.05) is 12.9 Å². The maximum absolute atomic E-state index is 13.2. The molecule has 3 aromatic rings. The summed E-state index contributed by atoms with van der Waals surface area (Å²) in [6.45, 7) is 4.04. The summed E-state index contributed by atoms with van der Waals surface area (Å²) in [4.78, 5) is 25.6. The van der Waals surface area contributed by atoms with Crippen LogP contribution in [-0.4, -0.2) is 43.4 Å². The van der Waals surface area contributed by atoms with Crippen LogP contribution in [0.5, 0.6) is 5.75 Å². The lowest BCUT2D eigenvalue weighted by Gasteiger charge is -2.15. The number of rotatable bonds is 8. The standard InChI is InChI=1S/C23H23F3N2O6S/c1-14(2)6-5-13-33-22(30)20-21(29)19-17(7-4-8-18(19)35(3,31)32)28(27-20)15-9-11-16(12-10-15)34-23(24,25)26/h4,7-12,14H,5-6,13H2,1-3H3. The molecule has 188 valence electrons. The molecule has 0 aliphatic carbocycles. The van der Waals surface area contributed by atoms with Crippen molar-refractivity contribution in [1.29, 1.82) is 0 Å². The topological polar surface area (TPSA) is 105 Å². The lowest BCUT2D eigenvalue weighted by Crippen LogP contribution is -2.25. The summed E-state index contributed by atoms with van der Waals surface area (Å²) in [5.74, 6) is -1.14. The number of aromatic nitrogens is 2. The second-order valence-electron chi connectivity index (χ2n) is 8.23. The van der Waals surface area contributed by atoms with Gasteiger partial charge in [0, 0.05) is 6.26 Å². The largest absolute Gasteiger partial charge is 0.573 e. The van der Waals surface area contributed by atoms with Crippen LogP contribution < -0.4 is 10.2 Å². The minimum absolute atomic E-state index is 0.0351. The first-order chi connectivity index (χ1) is 16.3. The Kier molecular flexibility index (Phi) is 7.53. The maximum Gasteiger partial charge on any atom is 0.573 e. The van der Waals surface area contributed by atoms with Crippen LogP contribution in [0.2, 0.25) is 0 Å². The highest BCUT2D eigenvalue weighted by Gasteiger charge is 2.31. The van der Waals surface area contributed by atoms with Gasteiger partial charge >= 0.3 is 12.3 Å². The molecule has 0 atom stereocenters. The first-order valence-electron chi connectivity index (χ1n) is 10.6. The molecular weight excluding hydrogens is 489 g/mol. The summed E-state index contributed by atoms with van der Waals surface area (Å²) in [6.07, 6.45) is -2.63. The Hall–Kier alpha value is -3.41. The Morgan fingerprint density at radius 3 is 2.34 bits per heavy atom. The van der Waals surface area contributed by atoms with Crippen LogP contribution in [0.4, 0.5) is 13.2 Å². The third-order valence-corrected chi connectivity index (χ3v) is 6.08. The maximum atomic E-state index is 13.2. The monoisotopic (exact) mass is 512 g/mol. The van der Waals surface area contributed by atoms with Gasteiger partial charge in [0.2, 0.25) is 11.1 Å². The quantitative estimate of drug-likeness (QED) is 0.328. The molecule has 0 unspecified atom stereocenters. The number of halogens is 3. The Morgan fingerprint density at radius 2 is 1.77 bits per heavy atom. The average Bonchev–Trinajstić information content (AvgIpc) is 2.75. The van der Waals surface area contributed by atoms with Gasteiger partial charge in [0.1, 0.15) is 5.75 Å². The fourth-order valence-electron chi connectivity index (χ4n) is 3.40. The van der Waals surface area contributed by atoms with Gasteiger partial charge in [-0.15, -0.1) is 13.2 Å². The lowest BCUT2D eigenvalue weighted by atomic mass is 10.1. The molecule has 2 aromatic carbocycles. The van der Waals surface area contributed by atoms with E-state index in [-0.39, 0.29) is 28.1 Å². The molecule has 0 radical (unpaired) electrons. The second kappa shape index (κ2) is 10.1. The number of carbonyl (C=O) groups is 1. The van der Waals surface area contributed by atoms with E-state index >= 15 is 0 Å². The predicted octanol–water partition coefficient (Wildman–Crippen LogP) is 4.28. The summed E-state index contributed by atoms with van der Waals surface area (Å²) in [5, 5.41) is 3.80. The van der Waals surface area contributed by atoms with Crippen LogP contribution in [0.3, 0.4) is 0 Å². The van der Waals surface area contributed by atoms with Crippen molar-refractivity contribution < 1.29 is 35.9 Å². The highest BCUT2D eigenvalue weighted by molar-refractivity contribution is 7.91. The van der Waals surface area contributed by atoms with Crippen molar-refractivity contribution >= 4 is 26.7 Å². The van der Waals surface area contributed by atoms with Crippen molar-refractivity contribution in [3.63, 3.8) is 0 Å². The van der Waals surface area contributed by atoms with E-state index in [1.54, 1.807) is 0 Å². The molecule has 0 saturated heterocycles. The van der Waals surface area contributed by atoms with E-state index in [0.29, 0.717) is 12.3 Å². The number of nitrogens with zero attached hydrogens (tertiary/aromatic N) is 2. The van der Waals surface area contributed by atoms with Gasteiger partial charge in [0.05, 0.1) is 28.1 Å². The first-order valence-corrected chi connectivity index (χ1v) is 12.5. The average molecular weight is 513 g/mol. The summed E-state index contributed by atoms with van der Waals surface area (Å²) < 4.78 is 72.4. The van der Waals surface area contributed by atoms with Gasteiger partial charge in [-0.25, -0.2) is 17.9 Å². The number of fused-ring (bicyclic) bond motifs is 1. The van der Waals surface area contributed by atoms with Crippen LogP contribution in [0, 0.1) is 5.92 Å².